The lowest BCUT2D eigenvalue weighted by Crippen LogP contribution is -2.43. The Morgan fingerprint density at radius 2 is 2.24 bits per heavy atom. The smallest absolute Gasteiger partial charge is 0.0897 e. The van der Waals surface area contributed by atoms with E-state index in [4.69, 9.17) is 0 Å². The van der Waals surface area contributed by atoms with Crippen LogP contribution in [-0.2, 0) is 6.54 Å². The Morgan fingerprint density at radius 3 is 2.82 bits per heavy atom. The maximum atomic E-state index is 10.4. The number of hydrogen-bond acceptors (Lipinski definition) is 4. The minimum atomic E-state index is -0.480. The minimum Gasteiger partial charge on any atom is -0.389 e. The van der Waals surface area contributed by atoms with Crippen LogP contribution in [0.2, 0.25) is 0 Å². The summed E-state index contributed by atoms with van der Waals surface area (Å²) < 4.78 is 0. The van der Waals surface area contributed by atoms with Crippen molar-refractivity contribution in [3.63, 3.8) is 0 Å². The van der Waals surface area contributed by atoms with Gasteiger partial charge in [0.15, 0.2) is 0 Å². The van der Waals surface area contributed by atoms with Crippen LogP contribution in [0.15, 0.2) is 6.20 Å². The molecule has 1 fully saturated rings. The van der Waals surface area contributed by atoms with Crippen molar-refractivity contribution < 1.29 is 5.11 Å². The Bertz CT molecular complexity index is 356. The first kappa shape index (κ1) is 13.0. The van der Waals surface area contributed by atoms with Crippen LogP contribution in [0.4, 0.5) is 0 Å². The summed E-state index contributed by atoms with van der Waals surface area (Å²) in [5, 5.41) is 14.9. The fraction of sp³-hybridized carbons (Fsp3) is 0.769. The lowest BCUT2D eigenvalue weighted by molar-refractivity contribution is -0.00625. The van der Waals surface area contributed by atoms with Gasteiger partial charge in [0.2, 0.25) is 0 Å². The van der Waals surface area contributed by atoms with Crippen LogP contribution in [-0.4, -0.2) is 22.2 Å². The fourth-order valence-corrected chi connectivity index (χ4v) is 3.15. The van der Waals surface area contributed by atoms with Crippen molar-refractivity contribution in [2.45, 2.75) is 51.7 Å². The third-order valence-electron chi connectivity index (χ3n) is 3.63. The summed E-state index contributed by atoms with van der Waals surface area (Å²) in [4.78, 5) is 5.47. The van der Waals surface area contributed by atoms with Gasteiger partial charge in [-0.15, -0.1) is 11.3 Å². The number of aliphatic hydroxyl groups is 1. The summed E-state index contributed by atoms with van der Waals surface area (Å²) >= 11 is 1.72. The van der Waals surface area contributed by atoms with Crippen LogP contribution in [0.5, 0.6) is 0 Å². The molecule has 4 heteroatoms. The van der Waals surface area contributed by atoms with E-state index in [2.05, 4.69) is 17.2 Å². The van der Waals surface area contributed by atoms with Gasteiger partial charge in [0.05, 0.1) is 10.6 Å². The van der Waals surface area contributed by atoms with E-state index in [9.17, 15) is 5.11 Å². The first-order valence-electron chi connectivity index (χ1n) is 6.42. The largest absolute Gasteiger partial charge is 0.389 e. The Balaban J connectivity index is 1.74. The molecule has 2 rings (SSSR count). The molecule has 0 spiro atoms. The highest BCUT2D eigenvalue weighted by atomic mass is 32.1. The van der Waals surface area contributed by atoms with E-state index in [1.54, 1.807) is 11.3 Å². The normalized spacial score (nSPS) is 29.5. The molecule has 1 aliphatic rings. The minimum absolute atomic E-state index is 0.480. The van der Waals surface area contributed by atoms with Gasteiger partial charge in [-0.1, -0.05) is 6.92 Å². The van der Waals surface area contributed by atoms with Crippen LogP contribution in [0.1, 0.15) is 42.5 Å². The molecule has 0 radical (unpaired) electrons. The SMILES string of the molecule is Cc1ncc(CNCC2(O)CCC(C)CC2)s1. The van der Waals surface area contributed by atoms with Gasteiger partial charge >= 0.3 is 0 Å². The molecule has 2 N–H and O–H groups in total. The summed E-state index contributed by atoms with van der Waals surface area (Å²) in [7, 11) is 0. The molecule has 96 valence electrons. The molecular weight excluding hydrogens is 232 g/mol. The van der Waals surface area contributed by atoms with Crippen molar-refractivity contribution in [3.05, 3.63) is 16.1 Å². The highest BCUT2D eigenvalue weighted by Gasteiger charge is 2.31. The Kier molecular flexibility index (Phi) is 4.17. The highest BCUT2D eigenvalue weighted by Crippen LogP contribution is 2.31. The molecule has 17 heavy (non-hydrogen) atoms. The molecule has 0 amide bonds. The van der Waals surface area contributed by atoms with Crippen molar-refractivity contribution >= 4 is 11.3 Å². The van der Waals surface area contributed by atoms with Crippen molar-refractivity contribution in [1.29, 1.82) is 0 Å². The van der Waals surface area contributed by atoms with E-state index < -0.39 is 5.60 Å². The monoisotopic (exact) mass is 254 g/mol. The topological polar surface area (TPSA) is 45.2 Å². The van der Waals surface area contributed by atoms with Crippen molar-refractivity contribution in [1.82, 2.24) is 10.3 Å². The number of thiazole rings is 1. The summed E-state index contributed by atoms with van der Waals surface area (Å²) in [6.07, 6.45) is 6.08. The number of aromatic nitrogens is 1. The Hall–Kier alpha value is -0.450. The van der Waals surface area contributed by atoms with E-state index in [-0.39, 0.29) is 0 Å². The molecule has 0 aromatic carbocycles. The number of rotatable bonds is 4. The second-order valence-corrected chi connectivity index (χ2v) is 6.68. The predicted molar refractivity (Wildman–Crippen MR) is 71.1 cm³/mol. The fourth-order valence-electron chi connectivity index (χ4n) is 2.38. The van der Waals surface area contributed by atoms with Gasteiger partial charge in [-0.3, -0.25) is 0 Å². The molecule has 0 atom stereocenters. The molecule has 0 unspecified atom stereocenters. The zero-order valence-electron chi connectivity index (χ0n) is 10.7. The summed E-state index contributed by atoms with van der Waals surface area (Å²) in [6.45, 7) is 5.82. The van der Waals surface area contributed by atoms with Gasteiger partial charge < -0.3 is 10.4 Å². The van der Waals surface area contributed by atoms with Gasteiger partial charge in [0, 0.05) is 24.2 Å². The molecule has 3 nitrogen and oxygen atoms in total. The Labute approximate surface area is 107 Å². The van der Waals surface area contributed by atoms with Crippen LogP contribution in [0.25, 0.3) is 0 Å². The van der Waals surface area contributed by atoms with Crippen molar-refractivity contribution in [2.75, 3.05) is 6.54 Å². The first-order valence-corrected chi connectivity index (χ1v) is 7.23. The van der Waals surface area contributed by atoms with E-state index in [1.807, 2.05) is 13.1 Å². The Morgan fingerprint density at radius 1 is 1.53 bits per heavy atom. The van der Waals surface area contributed by atoms with Crippen molar-refractivity contribution in [2.24, 2.45) is 5.92 Å². The third kappa shape index (κ3) is 3.76. The summed E-state index contributed by atoms with van der Waals surface area (Å²) in [5.41, 5.74) is -0.480. The number of nitrogens with zero attached hydrogens (tertiary/aromatic N) is 1. The van der Waals surface area contributed by atoms with Crippen molar-refractivity contribution in [3.8, 4) is 0 Å². The van der Waals surface area contributed by atoms with Gasteiger partial charge in [-0.2, -0.15) is 0 Å². The van der Waals surface area contributed by atoms with E-state index in [0.717, 1.165) is 43.2 Å². The maximum Gasteiger partial charge on any atom is 0.0897 e. The highest BCUT2D eigenvalue weighted by molar-refractivity contribution is 7.11. The molecule has 0 bridgehead atoms. The predicted octanol–water partition coefficient (Wildman–Crippen LogP) is 2.48. The van der Waals surface area contributed by atoms with Crippen LogP contribution in [0.3, 0.4) is 0 Å². The van der Waals surface area contributed by atoms with E-state index in [1.165, 1.54) is 4.88 Å². The molecular formula is C13H22N2OS. The number of nitrogens with one attached hydrogen (secondary N) is 1. The molecule has 0 aliphatic heterocycles. The molecule has 1 aromatic rings. The summed E-state index contributed by atoms with van der Waals surface area (Å²) in [5.74, 6) is 0.777. The molecule has 1 aliphatic carbocycles. The molecule has 1 saturated carbocycles. The molecule has 1 aromatic heterocycles. The zero-order valence-corrected chi connectivity index (χ0v) is 11.5. The average Bonchev–Trinajstić information content (AvgIpc) is 2.69. The average molecular weight is 254 g/mol. The lowest BCUT2D eigenvalue weighted by Gasteiger charge is -2.35. The number of hydrogen-bond donors (Lipinski definition) is 2. The molecule has 1 heterocycles. The van der Waals surface area contributed by atoms with Gasteiger partial charge in [0.25, 0.3) is 0 Å². The van der Waals surface area contributed by atoms with Crippen LogP contribution >= 0.6 is 11.3 Å². The quantitative estimate of drug-likeness (QED) is 0.867. The van der Waals surface area contributed by atoms with E-state index >= 15 is 0 Å². The third-order valence-corrected chi connectivity index (χ3v) is 4.54. The molecule has 0 saturated heterocycles. The second-order valence-electron chi connectivity index (χ2n) is 5.36. The second kappa shape index (κ2) is 5.46. The lowest BCUT2D eigenvalue weighted by atomic mass is 9.79. The van der Waals surface area contributed by atoms with Gasteiger partial charge in [-0.05, 0) is 38.5 Å². The standard InChI is InChI=1S/C13H22N2OS/c1-10-3-5-13(16,6-4-10)9-14-7-12-8-15-11(2)17-12/h8,10,14,16H,3-7,9H2,1-2H3. The zero-order chi connectivity index (χ0) is 12.3. The maximum absolute atomic E-state index is 10.4. The van der Waals surface area contributed by atoms with Crippen LogP contribution in [0, 0.1) is 12.8 Å². The van der Waals surface area contributed by atoms with Crippen LogP contribution < -0.4 is 5.32 Å². The van der Waals surface area contributed by atoms with E-state index in [0.29, 0.717) is 6.54 Å². The number of aryl methyl sites for hydroxylation is 1. The first-order chi connectivity index (χ1) is 8.07. The van der Waals surface area contributed by atoms with Gasteiger partial charge in [-0.25, -0.2) is 4.98 Å². The summed E-state index contributed by atoms with van der Waals surface area (Å²) in [6, 6.07) is 0. The van der Waals surface area contributed by atoms with Gasteiger partial charge in [0.1, 0.15) is 0 Å².